The summed E-state index contributed by atoms with van der Waals surface area (Å²) < 4.78 is 0. The zero-order valence-electron chi connectivity index (χ0n) is 11.4. The summed E-state index contributed by atoms with van der Waals surface area (Å²) in [5.41, 5.74) is 5.87. The van der Waals surface area contributed by atoms with Crippen molar-refractivity contribution in [1.82, 2.24) is 14.9 Å². The van der Waals surface area contributed by atoms with Gasteiger partial charge in [0.2, 0.25) is 0 Å². The van der Waals surface area contributed by atoms with E-state index in [1.54, 1.807) is 0 Å². The smallest absolute Gasteiger partial charge is 0.134 e. The number of aryl methyl sites for hydroxylation is 1. The van der Waals surface area contributed by atoms with Crippen molar-refractivity contribution >= 4 is 11.6 Å². The van der Waals surface area contributed by atoms with Crippen LogP contribution in [-0.2, 0) is 6.42 Å². The van der Waals surface area contributed by atoms with Crippen LogP contribution in [0.3, 0.4) is 0 Å². The SMILES string of the molecule is CCCc1nc(N)cc(N2CCCN(C)CC2)n1. The Balaban J connectivity index is 2.15. The summed E-state index contributed by atoms with van der Waals surface area (Å²) in [7, 11) is 2.17. The third kappa shape index (κ3) is 3.32. The van der Waals surface area contributed by atoms with Crippen LogP contribution in [0.5, 0.6) is 0 Å². The quantitative estimate of drug-likeness (QED) is 0.871. The predicted molar refractivity (Wildman–Crippen MR) is 74.8 cm³/mol. The summed E-state index contributed by atoms with van der Waals surface area (Å²) in [5, 5.41) is 0. The Hall–Kier alpha value is -1.36. The number of likely N-dealkylation sites (N-methyl/N-ethyl adjacent to an activating group) is 1. The number of nitrogens with two attached hydrogens (primary N) is 1. The summed E-state index contributed by atoms with van der Waals surface area (Å²) in [5.74, 6) is 2.44. The molecule has 0 aromatic carbocycles. The molecule has 1 aliphatic heterocycles. The lowest BCUT2D eigenvalue weighted by atomic mass is 10.3. The molecule has 1 aliphatic rings. The van der Waals surface area contributed by atoms with Gasteiger partial charge in [-0.25, -0.2) is 9.97 Å². The number of aromatic nitrogens is 2. The summed E-state index contributed by atoms with van der Waals surface area (Å²) in [6.45, 7) is 6.42. The second kappa shape index (κ2) is 6.00. The van der Waals surface area contributed by atoms with Crippen molar-refractivity contribution in [3.8, 4) is 0 Å². The molecule has 5 heteroatoms. The fraction of sp³-hybridized carbons (Fsp3) is 0.692. The van der Waals surface area contributed by atoms with E-state index in [2.05, 4.69) is 33.7 Å². The molecular formula is C13H23N5. The lowest BCUT2D eigenvalue weighted by Gasteiger charge is -2.22. The molecule has 1 aromatic heterocycles. The molecule has 0 radical (unpaired) electrons. The first-order valence-electron chi connectivity index (χ1n) is 6.76. The number of anilines is 2. The molecule has 0 bridgehead atoms. The van der Waals surface area contributed by atoms with E-state index >= 15 is 0 Å². The Morgan fingerprint density at radius 1 is 1.22 bits per heavy atom. The second-order valence-corrected chi connectivity index (χ2v) is 4.96. The molecule has 1 aromatic rings. The number of hydrogen-bond acceptors (Lipinski definition) is 5. The molecule has 2 N–H and O–H groups in total. The Bertz CT molecular complexity index is 393. The van der Waals surface area contributed by atoms with Crippen molar-refractivity contribution in [2.75, 3.05) is 43.9 Å². The van der Waals surface area contributed by atoms with Gasteiger partial charge >= 0.3 is 0 Å². The molecule has 2 rings (SSSR count). The molecule has 0 unspecified atom stereocenters. The van der Waals surface area contributed by atoms with Gasteiger partial charge in [0.05, 0.1) is 0 Å². The normalized spacial score (nSPS) is 17.8. The molecule has 18 heavy (non-hydrogen) atoms. The number of nitrogens with zero attached hydrogens (tertiary/aromatic N) is 4. The van der Waals surface area contributed by atoms with Gasteiger partial charge in [0.25, 0.3) is 0 Å². The van der Waals surface area contributed by atoms with E-state index < -0.39 is 0 Å². The van der Waals surface area contributed by atoms with E-state index in [4.69, 9.17) is 5.73 Å². The topological polar surface area (TPSA) is 58.3 Å². The van der Waals surface area contributed by atoms with Gasteiger partial charge in [-0.1, -0.05) is 6.92 Å². The highest BCUT2D eigenvalue weighted by Crippen LogP contribution is 2.16. The maximum atomic E-state index is 5.87. The number of hydrogen-bond donors (Lipinski definition) is 1. The Kier molecular flexibility index (Phi) is 4.36. The average Bonchev–Trinajstić information content (AvgIpc) is 2.54. The number of rotatable bonds is 3. The van der Waals surface area contributed by atoms with Crippen molar-refractivity contribution in [1.29, 1.82) is 0 Å². The van der Waals surface area contributed by atoms with Crippen LogP contribution in [0.1, 0.15) is 25.6 Å². The molecule has 0 aliphatic carbocycles. The van der Waals surface area contributed by atoms with Gasteiger partial charge in [0, 0.05) is 32.1 Å². The van der Waals surface area contributed by atoms with Crippen LogP contribution < -0.4 is 10.6 Å². The van der Waals surface area contributed by atoms with Crippen molar-refractivity contribution in [2.24, 2.45) is 0 Å². The zero-order chi connectivity index (χ0) is 13.0. The van der Waals surface area contributed by atoms with Gasteiger partial charge in [0.1, 0.15) is 17.5 Å². The fourth-order valence-electron chi connectivity index (χ4n) is 2.28. The van der Waals surface area contributed by atoms with Crippen molar-refractivity contribution in [3.63, 3.8) is 0 Å². The van der Waals surface area contributed by atoms with Gasteiger partial charge in [-0.2, -0.15) is 0 Å². The minimum Gasteiger partial charge on any atom is -0.384 e. The van der Waals surface area contributed by atoms with E-state index in [0.29, 0.717) is 5.82 Å². The molecule has 1 fully saturated rings. The maximum Gasteiger partial charge on any atom is 0.134 e. The van der Waals surface area contributed by atoms with Crippen molar-refractivity contribution in [2.45, 2.75) is 26.2 Å². The molecule has 0 saturated carbocycles. The second-order valence-electron chi connectivity index (χ2n) is 4.96. The van der Waals surface area contributed by atoms with Crippen LogP contribution in [-0.4, -0.2) is 48.1 Å². The van der Waals surface area contributed by atoms with Crippen LogP contribution in [0.4, 0.5) is 11.6 Å². The van der Waals surface area contributed by atoms with Crippen LogP contribution in [0.15, 0.2) is 6.07 Å². The van der Waals surface area contributed by atoms with Crippen LogP contribution in [0.2, 0.25) is 0 Å². The van der Waals surface area contributed by atoms with Gasteiger partial charge in [-0.15, -0.1) is 0 Å². The van der Waals surface area contributed by atoms with Gasteiger partial charge in [-0.05, 0) is 26.4 Å². The van der Waals surface area contributed by atoms with E-state index in [9.17, 15) is 0 Å². The summed E-state index contributed by atoms with van der Waals surface area (Å²) in [6, 6.07) is 1.89. The first kappa shape index (κ1) is 13.1. The minimum absolute atomic E-state index is 0.584. The van der Waals surface area contributed by atoms with E-state index in [1.807, 2.05) is 6.07 Å². The molecule has 1 saturated heterocycles. The monoisotopic (exact) mass is 249 g/mol. The highest BCUT2D eigenvalue weighted by Gasteiger charge is 2.14. The number of nitrogen functional groups attached to an aromatic ring is 1. The third-order valence-electron chi connectivity index (χ3n) is 3.30. The maximum absolute atomic E-state index is 5.87. The molecular weight excluding hydrogens is 226 g/mol. The van der Waals surface area contributed by atoms with Gasteiger partial charge in [0.15, 0.2) is 0 Å². The molecule has 2 heterocycles. The molecule has 5 nitrogen and oxygen atoms in total. The lowest BCUT2D eigenvalue weighted by Crippen LogP contribution is -2.29. The summed E-state index contributed by atoms with van der Waals surface area (Å²) in [4.78, 5) is 13.6. The minimum atomic E-state index is 0.584. The molecule has 100 valence electrons. The standard InChI is InChI=1S/C13H23N5/c1-3-5-12-15-11(14)10-13(16-12)18-7-4-6-17(2)8-9-18/h10H,3-9H2,1-2H3,(H2,14,15,16). The van der Waals surface area contributed by atoms with Crippen LogP contribution in [0.25, 0.3) is 0 Å². The fourth-order valence-corrected chi connectivity index (χ4v) is 2.28. The largest absolute Gasteiger partial charge is 0.384 e. The Morgan fingerprint density at radius 3 is 2.83 bits per heavy atom. The van der Waals surface area contributed by atoms with E-state index in [0.717, 1.165) is 50.7 Å². The summed E-state index contributed by atoms with van der Waals surface area (Å²) in [6.07, 6.45) is 3.11. The van der Waals surface area contributed by atoms with E-state index in [-0.39, 0.29) is 0 Å². The Labute approximate surface area is 109 Å². The van der Waals surface area contributed by atoms with Crippen molar-refractivity contribution < 1.29 is 0 Å². The molecule has 0 amide bonds. The van der Waals surface area contributed by atoms with Gasteiger partial charge in [-0.3, -0.25) is 0 Å². The predicted octanol–water partition coefficient (Wildman–Crippen LogP) is 1.15. The highest BCUT2D eigenvalue weighted by atomic mass is 15.2. The Morgan fingerprint density at radius 2 is 2.06 bits per heavy atom. The first-order valence-corrected chi connectivity index (χ1v) is 6.76. The third-order valence-corrected chi connectivity index (χ3v) is 3.30. The highest BCUT2D eigenvalue weighted by molar-refractivity contribution is 5.47. The molecule has 0 spiro atoms. The first-order chi connectivity index (χ1) is 8.69. The lowest BCUT2D eigenvalue weighted by molar-refractivity contribution is 0.360. The van der Waals surface area contributed by atoms with E-state index in [1.165, 1.54) is 6.42 Å². The molecule has 0 atom stereocenters. The van der Waals surface area contributed by atoms with Crippen molar-refractivity contribution in [3.05, 3.63) is 11.9 Å². The van der Waals surface area contributed by atoms with Crippen LogP contribution >= 0.6 is 0 Å². The zero-order valence-corrected chi connectivity index (χ0v) is 11.4. The summed E-state index contributed by atoms with van der Waals surface area (Å²) >= 11 is 0. The van der Waals surface area contributed by atoms with Gasteiger partial charge < -0.3 is 15.5 Å². The van der Waals surface area contributed by atoms with Crippen LogP contribution in [0, 0.1) is 0 Å². The average molecular weight is 249 g/mol.